The number of carbonyl (C=O) groups excluding carboxylic acids is 2. The highest BCUT2D eigenvalue weighted by atomic mass is 16.2. The van der Waals surface area contributed by atoms with E-state index in [-0.39, 0.29) is 36.5 Å². The second-order valence-electron chi connectivity index (χ2n) is 5.37. The third-order valence-electron chi connectivity index (χ3n) is 4.17. The molecule has 2 rings (SSSR count). The molecule has 2 fully saturated rings. The van der Waals surface area contributed by atoms with E-state index in [2.05, 4.69) is 26.8 Å². The SMILES string of the molecule is C#CCNC(=O)CC[C@H]1CNC(=O)[C@H]2NCC[C@H]2N1C. The molecule has 110 valence electrons. The number of nitrogens with zero attached hydrogens (tertiary/aromatic N) is 1. The first-order valence-corrected chi connectivity index (χ1v) is 7.06. The summed E-state index contributed by atoms with van der Waals surface area (Å²) in [6, 6.07) is 0.280. The number of carbonyl (C=O) groups is 2. The van der Waals surface area contributed by atoms with Gasteiger partial charge >= 0.3 is 0 Å². The molecule has 2 heterocycles. The Bertz CT molecular complexity index is 418. The fourth-order valence-corrected chi connectivity index (χ4v) is 2.98. The molecule has 6 nitrogen and oxygen atoms in total. The zero-order chi connectivity index (χ0) is 14.5. The molecule has 2 aliphatic heterocycles. The minimum Gasteiger partial charge on any atom is -0.353 e. The normalized spacial score (nSPS) is 30.0. The summed E-state index contributed by atoms with van der Waals surface area (Å²) in [4.78, 5) is 25.8. The van der Waals surface area contributed by atoms with Gasteiger partial charge in [-0.1, -0.05) is 5.92 Å². The third-order valence-corrected chi connectivity index (χ3v) is 4.17. The van der Waals surface area contributed by atoms with Crippen LogP contribution in [0.4, 0.5) is 0 Å². The summed E-state index contributed by atoms with van der Waals surface area (Å²) in [5.41, 5.74) is 0. The lowest BCUT2D eigenvalue weighted by atomic mass is 10.0. The van der Waals surface area contributed by atoms with Crippen LogP contribution in [0.3, 0.4) is 0 Å². The largest absolute Gasteiger partial charge is 0.353 e. The zero-order valence-electron chi connectivity index (χ0n) is 11.8. The lowest BCUT2D eigenvalue weighted by Crippen LogP contribution is -2.48. The Kier molecular flexibility index (Phi) is 4.99. The number of amides is 2. The molecular formula is C14H22N4O2. The Morgan fingerprint density at radius 2 is 2.40 bits per heavy atom. The van der Waals surface area contributed by atoms with E-state index >= 15 is 0 Å². The molecule has 0 aromatic rings. The van der Waals surface area contributed by atoms with E-state index in [1.165, 1.54) is 0 Å². The lowest BCUT2D eigenvalue weighted by molar-refractivity contribution is -0.123. The van der Waals surface area contributed by atoms with Crippen molar-refractivity contribution in [3.63, 3.8) is 0 Å². The summed E-state index contributed by atoms with van der Waals surface area (Å²) in [6.45, 7) is 1.72. The van der Waals surface area contributed by atoms with Gasteiger partial charge in [0.05, 0.1) is 6.54 Å². The van der Waals surface area contributed by atoms with Gasteiger partial charge in [-0.2, -0.15) is 0 Å². The number of hydrogen-bond donors (Lipinski definition) is 3. The van der Waals surface area contributed by atoms with Crippen molar-refractivity contribution < 1.29 is 9.59 Å². The van der Waals surface area contributed by atoms with Crippen molar-refractivity contribution in [1.82, 2.24) is 20.9 Å². The molecule has 3 atom stereocenters. The number of fused-ring (bicyclic) bond motifs is 1. The number of hydrogen-bond acceptors (Lipinski definition) is 4. The second-order valence-corrected chi connectivity index (χ2v) is 5.37. The predicted octanol–water partition coefficient (Wildman–Crippen LogP) is -1.32. The average Bonchev–Trinajstić information content (AvgIpc) is 2.89. The molecule has 0 aromatic heterocycles. The van der Waals surface area contributed by atoms with Gasteiger partial charge in [0.1, 0.15) is 6.04 Å². The van der Waals surface area contributed by atoms with E-state index in [1.807, 2.05) is 7.05 Å². The maximum Gasteiger partial charge on any atom is 0.238 e. The Morgan fingerprint density at radius 3 is 3.15 bits per heavy atom. The topological polar surface area (TPSA) is 73.5 Å². The third kappa shape index (κ3) is 3.30. The van der Waals surface area contributed by atoms with Gasteiger partial charge in [0.25, 0.3) is 0 Å². The van der Waals surface area contributed by atoms with E-state index in [9.17, 15) is 9.59 Å². The van der Waals surface area contributed by atoms with Crippen molar-refractivity contribution in [3.05, 3.63) is 0 Å². The van der Waals surface area contributed by atoms with Gasteiger partial charge in [-0.25, -0.2) is 0 Å². The van der Waals surface area contributed by atoms with E-state index in [0.717, 1.165) is 19.4 Å². The van der Waals surface area contributed by atoms with Gasteiger partial charge in [0.2, 0.25) is 11.8 Å². The minimum atomic E-state index is -0.125. The van der Waals surface area contributed by atoms with Crippen LogP contribution in [0.5, 0.6) is 0 Å². The van der Waals surface area contributed by atoms with Gasteiger partial charge in [0.15, 0.2) is 0 Å². The van der Waals surface area contributed by atoms with Gasteiger partial charge in [-0.05, 0) is 26.4 Å². The van der Waals surface area contributed by atoms with Gasteiger partial charge in [0, 0.05) is 25.0 Å². The first-order valence-electron chi connectivity index (χ1n) is 7.06. The van der Waals surface area contributed by atoms with Crippen LogP contribution in [0, 0.1) is 12.3 Å². The molecular weight excluding hydrogens is 256 g/mol. The molecule has 0 unspecified atom stereocenters. The van der Waals surface area contributed by atoms with Crippen molar-refractivity contribution >= 4 is 11.8 Å². The maximum absolute atomic E-state index is 12.0. The first-order chi connectivity index (χ1) is 9.63. The van der Waals surface area contributed by atoms with Crippen LogP contribution in [0.2, 0.25) is 0 Å². The number of terminal acetylenes is 1. The molecule has 0 bridgehead atoms. The Hall–Kier alpha value is -1.58. The molecule has 3 N–H and O–H groups in total. The summed E-state index contributed by atoms with van der Waals surface area (Å²) >= 11 is 0. The Morgan fingerprint density at radius 1 is 1.60 bits per heavy atom. The summed E-state index contributed by atoms with van der Waals surface area (Å²) in [6.07, 6.45) is 7.22. The van der Waals surface area contributed by atoms with Crippen LogP contribution in [0.25, 0.3) is 0 Å². The van der Waals surface area contributed by atoms with Gasteiger partial charge in [-0.3, -0.25) is 14.5 Å². The monoisotopic (exact) mass is 278 g/mol. The summed E-state index contributed by atoms with van der Waals surface area (Å²) < 4.78 is 0. The van der Waals surface area contributed by atoms with Crippen molar-refractivity contribution in [2.45, 2.75) is 37.4 Å². The van der Waals surface area contributed by atoms with E-state index < -0.39 is 0 Å². The van der Waals surface area contributed by atoms with Crippen LogP contribution >= 0.6 is 0 Å². The van der Waals surface area contributed by atoms with Gasteiger partial charge in [-0.15, -0.1) is 6.42 Å². The minimum absolute atomic E-state index is 0.0342. The molecule has 0 aliphatic carbocycles. The van der Waals surface area contributed by atoms with Crippen LogP contribution in [-0.4, -0.2) is 61.5 Å². The van der Waals surface area contributed by atoms with E-state index in [4.69, 9.17) is 6.42 Å². The molecule has 20 heavy (non-hydrogen) atoms. The Labute approximate surface area is 119 Å². The number of likely N-dealkylation sites (N-methyl/N-ethyl adjacent to an activating group) is 1. The zero-order valence-corrected chi connectivity index (χ0v) is 11.8. The van der Waals surface area contributed by atoms with Crippen molar-refractivity contribution in [2.24, 2.45) is 0 Å². The summed E-state index contributed by atoms with van der Waals surface area (Å²) in [7, 11) is 2.04. The summed E-state index contributed by atoms with van der Waals surface area (Å²) in [5, 5.41) is 8.86. The quantitative estimate of drug-likeness (QED) is 0.558. The van der Waals surface area contributed by atoms with Crippen LogP contribution in [0.1, 0.15) is 19.3 Å². The molecule has 0 spiro atoms. The highest BCUT2D eigenvalue weighted by Gasteiger charge is 2.40. The smallest absolute Gasteiger partial charge is 0.238 e. The highest BCUT2D eigenvalue weighted by molar-refractivity contribution is 5.83. The van der Waals surface area contributed by atoms with Crippen molar-refractivity contribution in [3.8, 4) is 12.3 Å². The standard InChI is InChI=1S/C14H22N4O2/c1-3-7-15-12(19)5-4-10-9-17-14(20)13-11(18(10)2)6-8-16-13/h1,10-11,13,16H,4-9H2,2H3,(H,15,19)(H,17,20)/t10-,11+,13-/m0/s1. The molecule has 2 saturated heterocycles. The maximum atomic E-state index is 12.0. The summed E-state index contributed by atoms with van der Waals surface area (Å²) in [5.74, 6) is 2.42. The molecule has 2 amide bonds. The first kappa shape index (κ1) is 14.8. The molecule has 0 saturated carbocycles. The molecule has 2 aliphatic rings. The lowest BCUT2D eigenvalue weighted by Gasteiger charge is -2.31. The Balaban J connectivity index is 1.89. The molecule has 0 aromatic carbocycles. The fraction of sp³-hybridized carbons (Fsp3) is 0.714. The van der Waals surface area contributed by atoms with Gasteiger partial charge < -0.3 is 16.0 Å². The average molecular weight is 278 g/mol. The molecule has 0 radical (unpaired) electrons. The van der Waals surface area contributed by atoms with E-state index in [0.29, 0.717) is 13.0 Å². The van der Waals surface area contributed by atoms with Crippen molar-refractivity contribution in [1.29, 1.82) is 0 Å². The number of nitrogens with one attached hydrogen (secondary N) is 3. The fourth-order valence-electron chi connectivity index (χ4n) is 2.98. The van der Waals surface area contributed by atoms with Crippen LogP contribution in [0.15, 0.2) is 0 Å². The van der Waals surface area contributed by atoms with Crippen LogP contribution < -0.4 is 16.0 Å². The predicted molar refractivity (Wildman–Crippen MR) is 75.8 cm³/mol. The second kappa shape index (κ2) is 6.73. The van der Waals surface area contributed by atoms with Crippen LogP contribution in [-0.2, 0) is 9.59 Å². The molecule has 6 heteroatoms. The highest BCUT2D eigenvalue weighted by Crippen LogP contribution is 2.20. The van der Waals surface area contributed by atoms with E-state index in [1.54, 1.807) is 0 Å². The van der Waals surface area contributed by atoms with Crippen molar-refractivity contribution in [2.75, 3.05) is 26.7 Å². The number of rotatable bonds is 4.